The van der Waals surface area contributed by atoms with Crippen molar-refractivity contribution in [3.63, 3.8) is 0 Å². The molecule has 0 bridgehead atoms. The first-order valence-electron chi connectivity index (χ1n) is 29.9. The smallest absolute Gasteiger partial charge is 0.305 e. The van der Waals surface area contributed by atoms with Gasteiger partial charge in [0.1, 0.15) is 0 Å². The largest absolute Gasteiger partial charge is 0.466 e. The van der Waals surface area contributed by atoms with Gasteiger partial charge in [0.2, 0.25) is 5.91 Å². The Hall–Kier alpha value is -2.18. The first-order valence-corrected chi connectivity index (χ1v) is 29.9. The molecule has 0 aromatic carbocycles. The summed E-state index contributed by atoms with van der Waals surface area (Å²) in [6.07, 6.45) is 72.8. The average molecular weight is 955 g/mol. The number of amides is 1. The van der Waals surface area contributed by atoms with Gasteiger partial charge in [0.25, 0.3) is 0 Å². The minimum absolute atomic E-state index is 0.00190. The topological polar surface area (TPSA) is 95.9 Å². The summed E-state index contributed by atoms with van der Waals surface area (Å²) in [6.45, 7) is 4.88. The SMILES string of the molecule is CCCCCCCC/C=C\CCCCCCCC(=O)OCCCCCCCCCCC/C=C\C/C=C\CCCCCCCCCC(=O)NC(CO)C(O)/C=C/CCCCCCCCCCCCC. The number of unbranched alkanes of at least 4 members (excludes halogenated alkanes) is 38. The molecule has 0 spiro atoms. The van der Waals surface area contributed by atoms with E-state index in [1.54, 1.807) is 6.08 Å². The van der Waals surface area contributed by atoms with E-state index in [1.165, 1.54) is 218 Å². The van der Waals surface area contributed by atoms with Crippen molar-refractivity contribution in [2.75, 3.05) is 13.2 Å². The van der Waals surface area contributed by atoms with Gasteiger partial charge in [0, 0.05) is 12.8 Å². The second-order valence-electron chi connectivity index (χ2n) is 20.3. The fraction of sp³-hybridized carbons (Fsp3) is 0.839. The predicted octanol–water partition coefficient (Wildman–Crippen LogP) is 18.6. The molecule has 398 valence electrons. The molecule has 0 aliphatic carbocycles. The van der Waals surface area contributed by atoms with E-state index in [0.717, 1.165) is 64.2 Å². The molecule has 0 aliphatic heterocycles. The zero-order valence-electron chi connectivity index (χ0n) is 45.3. The number of esters is 1. The normalized spacial score (nSPS) is 12.9. The van der Waals surface area contributed by atoms with Gasteiger partial charge < -0.3 is 20.3 Å². The van der Waals surface area contributed by atoms with Gasteiger partial charge in [-0.25, -0.2) is 0 Å². The number of carbonyl (C=O) groups is 2. The standard InChI is InChI=1S/C62H115NO5/c1-3-5-7-9-11-13-15-17-27-32-36-40-44-48-52-56-62(67)68-57-53-49-45-41-37-33-29-26-24-22-20-18-19-21-23-25-28-31-35-39-43-47-51-55-61(66)63-59(58-64)60(65)54-50-46-42-38-34-30-16-14-12-10-8-6-4-2/h17-18,20-21,23,27,50,54,59-60,64-65H,3-16,19,22,24-26,28-49,51-53,55-58H2,1-2H3,(H,63,66)/b20-18-,23-21-,27-17-,54-50+. The van der Waals surface area contributed by atoms with Crippen LogP contribution < -0.4 is 5.32 Å². The van der Waals surface area contributed by atoms with Crippen LogP contribution in [-0.4, -0.2) is 47.4 Å². The molecule has 68 heavy (non-hydrogen) atoms. The highest BCUT2D eigenvalue weighted by Crippen LogP contribution is 2.16. The quantitative estimate of drug-likeness (QED) is 0.0321. The van der Waals surface area contributed by atoms with Crippen LogP contribution >= 0.6 is 0 Å². The third kappa shape index (κ3) is 53.2. The Kier molecular flexibility index (Phi) is 55.6. The predicted molar refractivity (Wildman–Crippen MR) is 296 cm³/mol. The first-order chi connectivity index (χ1) is 33.5. The Morgan fingerprint density at radius 3 is 1.13 bits per heavy atom. The van der Waals surface area contributed by atoms with Crippen molar-refractivity contribution in [1.29, 1.82) is 0 Å². The summed E-state index contributed by atoms with van der Waals surface area (Å²) < 4.78 is 5.47. The first kappa shape index (κ1) is 65.8. The molecule has 1 amide bonds. The summed E-state index contributed by atoms with van der Waals surface area (Å²) >= 11 is 0. The van der Waals surface area contributed by atoms with Gasteiger partial charge in [-0.1, -0.05) is 255 Å². The zero-order chi connectivity index (χ0) is 49.3. The molecule has 3 N–H and O–H groups in total. The van der Waals surface area contributed by atoms with Crippen molar-refractivity contribution in [3.8, 4) is 0 Å². The summed E-state index contributed by atoms with van der Waals surface area (Å²) in [6, 6.07) is -0.635. The van der Waals surface area contributed by atoms with Crippen molar-refractivity contribution in [2.45, 2.75) is 321 Å². The molecule has 6 nitrogen and oxygen atoms in total. The van der Waals surface area contributed by atoms with E-state index in [0.29, 0.717) is 19.4 Å². The van der Waals surface area contributed by atoms with Crippen LogP contribution in [-0.2, 0) is 14.3 Å². The average Bonchev–Trinajstić information content (AvgIpc) is 3.34. The van der Waals surface area contributed by atoms with Gasteiger partial charge in [-0.2, -0.15) is 0 Å². The number of aliphatic hydroxyl groups excluding tert-OH is 2. The Morgan fingerprint density at radius 2 is 0.735 bits per heavy atom. The number of nitrogens with one attached hydrogen (secondary N) is 1. The van der Waals surface area contributed by atoms with Gasteiger partial charge in [0.15, 0.2) is 0 Å². The molecule has 0 radical (unpaired) electrons. The van der Waals surface area contributed by atoms with Crippen LogP contribution in [0.15, 0.2) is 48.6 Å². The van der Waals surface area contributed by atoms with Crippen LogP contribution in [0.25, 0.3) is 0 Å². The third-order valence-electron chi connectivity index (χ3n) is 13.6. The molecule has 0 saturated heterocycles. The summed E-state index contributed by atoms with van der Waals surface area (Å²) in [7, 11) is 0. The van der Waals surface area contributed by atoms with Gasteiger partial charge >= 0.3 is 5.97 Å². The van der Waals surface area contributed by atoms with E-state index in [9.17, 15) is 19.8 Å². The van der Waals surface area contributed by atoms with Crippen molar-refractivity contribution in [2.24, 2.45) is 0 Å². The Morgan fingerprint density at radius 1 is 0.412 bits per heavy atom. The zero-order valence-corrected chi connectivity index (χ0v) is 45.3. The van der Waals surface area contributed by atoms with Gasteiger partial charge in [-0.15, -0.1) is 0 Å². The van der Waals surface area contributed by atoms with Gasteiger partial charge in [-0.3, -0.25) is 9.59 Å². The molecular weight excluding hydrogens is 839 g/mol. The molecule has 6 heteroatoms. The second-order valence-corrected chi connectivity index (χ2v) is 20.3. The minimum atomic E-state index is -0.851. The van der Waals surface area contributed by atoms with Gasteiger partial charge in [0.05, 0.1) is 25.4 Å². The number of aliphatic hydroxyl groups is 2. The lowest BCUT2D eigenvalue weighted by atomic mass is 10.0. The fourth-order valence-corrected chi connectivity index (χ4v) is 8.95. The number of rotatable bonds is 55. The van der Waals surface area contributed by atoms with Crippen LogP contribution in [0, 0.1) is 0 Å². The van der Waals surface area contributed by atoms with Gasteiger partial charge in [-0.05, 0) is 89.9 Å². The summed E-state index contributed by atoms with van der Waals surface area (Å²) in [5.41, 5.74) is 0. The highest BCUT2D eigenvalue weighted by atomic mass is 16.5. The molecule has 0 aromatic heterocycles. The van der Waals surface area contributed by atoms with Crippen LogP contribution in [0.5, 0.6) is 0 Å². The molecule has 0 heterocycles. The van der Waals surface area contributed by atoms with E-state index in [2.05, 4.69) is 55.6 Å². The maximum atomic E-state index is 12.4. The monoisotopic (exact) mass is 954 g/mol. The molecule has 0 aromatic rings. The molecule has 2 atom stereocenters. The van der Waals surface area contributed by atoms with E-state index in [-0.39, 0.29) is 18.5 Å². The van der Waals surface area contributed by atoms with Crippen LogP contribution in [0.1, 0.15) is 309 Å². The highest BCUT2D eigenvalue weighted by molar-refractivity contribution is 5.76. The molecule has 0 fully saturated rings. The maximum absolute atomic E-state index is 12.4. The van der Waals surface area contributed by atoms with E-state index >= 15 is 0 Å². The number of ether oxygens (including phenoxy) is 1. The number of allylic oxidation sites excluding steroid dienone is 7. The lowest BCUT2D eigenvalue weighted by molar-refractivity contribution is -0.143. The molecule has 2 unspecified atom stereocenters. The Labute approximate surface area is 423 Å². The number of hydrogen-bond acceptors (Lipinski definition) is 5. The lowest BCUT2D eigenvalue weighted by Crippen LogP contribution is -2.45. The van der Waals surface area contributed by atoms with E-state index < -0.39 is 12.1 Å². The number of carbonyl (C=O) groups excluding carboxylic acids is 2. The number of hydrogen-bond donors (Lipinski definition) is 3. The highest BCUT2D eigenvalue weighted by Gasteiger charge is 2.18. The summed E-state index contributed by atoms with van der Waals surface area (Å²) in [4.78, 5) is 24.5. The van der Waals surface area contributed by atoms with E-state index in [1.807, 2.05) is 6.08 Å². The van der Waals surface area contributed by atoms with Crippen molar-refractivity contribution < 1.29 is 24.5 Å². The minimum Gasteiger partial charge on any atom is -0.466 e. The molecule has 0 aliphatic rings. The van der Waals surface area contributed by atoms with Crippen LogP contribution in [0.4, 0.5) is 0 Å². The fourth-order valence-electron chi connectivity index (χ4n) is 8.95. The molecular formula is C62H115NO5. The third-order valence-corrected chi connectivity index (χ3v) is 13.6. The second kappa shape index (κ2) is 57.4. The Balaban J connectivity index is 3.47. The maximum Gasteiger partial charge on any atom is 0.305 e. The molecule has 0 rings (SSSR count). The van der Waals surface area contributed by atoms with E-state index in [4.69, 9.17) is 4.74 Å². The Bertz CT molecular complexity index is 1150. The lowest BCUT2D eigenvalue weighted by Gasteiger charge is -2.20. The molecule has 0 saturated carbocycles. The van der Waals surface area contributed by atoms with Crippen molar-refractivity contribution in [3.05, 3.63) is 48.6 Å². The summed E-state index contributed by atoms with van der Waals surface area (Å²) in [5.74, 6) is -0.0811. The van der Waals surface area contributed by atoms with Crippen molar-refractivity contribution in [1.82, 2.24) is 5.32 Å². The van der Waals surface area contributed by atoms with Crippen molar-refractivity contribution >= 4 is 11.9 Å². The van der Waals surface area contributed by atoms with Crippen LogP contribution in [0.2, 0.25) is 0 Å². The summed E-state index contributed by atoms with van der Waals surface area (Å²) in [5, 5.41) is 23.1. The van der Waals surface area contributed by atoms with Crippen LogP contribution in [0.3, 0.4) is 0 Å².